The van der Waals surface area contributed by atoms with Crippen molar-refractivity contribution in [3.8, 4) is 11.5 Å². The highest BCUT2D eigenvalue weighted by atomic mass is 35.5. The number of hydrogen-bond acceptors (Lipinski definition) is 4. The second-order valence-electron chi connectivity index (χ2n) is 7.69. The lowest BCUT2D eigenvalue weighted by atomic mass is 9.96. The molecule has 0 aliphatic heterocycles. The van der Waals surface area contributed by atoms with E-state index in [0.29, 0.717) is 16.5 Å². The summed E-state index contributed by atoms with van der Waals surface area (Å²) in [7, 11) is -0.508. The van der Waals surface area contributed by atoms with Gasteiger partial charge in [0.1, 0.15) is 0 Å². The van der Waals surface area contributed by atoms with Crippen LogP contribution in [0.1, 0.15) is 50.5 Å². The molecule has 164 valence electrons. The zero-order valence-electron chi connectivity index (χ0n) is 17.6. The third kappa shape index (κ3) is 5.48. The highest BCUT2D eigenvalue weighted by Gasteiger charge is 2.32. The number of sulfonamides is 1. The van der Waals surface area contributed by atoms with Gasteiger partial charge in [0.2, 0.25) is 10.0 Å². The first-order valence-corrected chi connectivity index (χ1v) is 12.3. The number of halogens is 1. The van der Waals surface area contributed by atoms with Crippen LogP contribution in [0.4, 0.5) is 0 Å². The van der Waals surface area contributed by atoms with Crippen molar-refractivity contribution < 1.29 is 17.9 Å². The van der Waals surface area contributed by atoms with Crippen LogP contribution in [0.3, 0.4) is 0 Å². The molecule has 0 atom stereocenters. The third-order valence-electron chi connectivity index (χ3n) is 5.69. The summed E-state index contributed by atoms with van der Waals surface area (Å²) in [5.74, 6) is 1.22. The maximum absolute atomic E-state index is 13.6. The van der Waals surface area contributed by atoms with E-state index in [2.05, 4.69) is 0 Å². The average molecular weight is 452 g/mol. The number of ether oxygens (including phenoxy) is 2. The lowest BCUT2D eigenvalue weighted by molar-refractivity contribution is 0.260. The Bertz CT molecular complexity index is 923. The van der Waals surface area contributed by atoms with Gasteiger partial charge in [-0.05, 0) is 54.8 Å². The quantitative estimate of drug-likeness (QED) is 0.544. The van der Waals surface area contributed by atoms with E-state index in [1.165, 1.54) is 6.42 Å². The Morgan fingerprint density at radius 3 is 2.10 bits per heavy atom. The highest BCUT2D eigenvalue weighted by Crippen LogP contribution is 2.32. The first-order valence-electron chi connectivity index (χ1n) is 10.4. The van der Waals surface area contributed by atoms with Crippen LogP contribution in [0.15, 0.2) is 47.4 Å². The zero-order valence-corrected chi connectivity index (χ0v) is 19.2. The molecule has 0 aromatic heterocycles. The van der Waals surface area contributed by atoms with Gasteiger partial charge in [-0.25, -0.2) is 8.42 Å². The summed E-state index contributed by atoms with van der Waals surface area (Å²) in [6.45, 7) is 0.288. The fourth-order valence-corrected chi connectivity index (χ4v) is 5.83. The normalized spacial score (nSPS) is 16.1. The lowest BCUT2D eigenvalue weighted by Crippen LogP contribution is -2.40. The van der Waals surface area contributed by atoms with E-state index in [0.717, 1.165) is 44.1 Å². The van der Waals surface area contributed by atoms with Gasteiger partial charge in [0.25, 0.3) is 0 Å². The molecule has 0 spiro atoms. The van der Waals surface area contributed by atoms with Gasteiger partial charge < -0.3 is 9.47 Å². The third-order valence-corrected chi connectivity index (χ3v) is 7.85. The van der Waals surface area contributed by atoms with Crippen molar-refractivity contribution in [1.82, 2.24) is 4.31 Å². The highest BCUT2D eigenvalue weighted by molar-refractivity contribution is 7.89. The van der Waals surface area contributed by atoms with Crippen molar-refractivity contribution >= 4 is 21.6 Å². The largest absolute Gasteiger partial charge is 0.493 e. The minimum absolute atomic E-state index is 0.0286. The van der Waals surface area contributed by atoms with Crippen LogP contribution >= 0.6 is 11.6 Å². The molecule has 0 amide bonds. The van der Waals surface area contributed by atoms with Gasteiger partial charge >= 0.3 is 0 Å². The number of rotatable bonds is 7. The van der Waals surface area contributed by atoms with E-state index in [4.69, 9.17) is 21.1 Å². The molecule has 2 aromatic rings. The SMILES string of the molecule is COc1ccc(CN(C2CCCCCCC2)S(=O)(=O)c2ccc(Cl)cc2)cc1OC. The van der Waals surface area contributed by atoms with E-state index < -0.39 is 10.0 Å². The van der Waals surface area contributed by atoms with Gasteiger partial charge in [0.15, 0.2) is 11.5 Å². The van der Waals surface area contributed by atoms with Crippen molar-refractivity contribution in [1.29, 1.82) is 0 Å². The van der Waals surface area contributed by atoms with Gasteiger partial charge in [0, 0.05) is 17.6 Å². The molecule has 0 radical (unpaired) electrons. The summed E-state index contributed by atoms with van der Waals surface area (Å²) in [4.78, 5) is 0.273. The minimum atomic E-state index is -3.68. The van der Waals surface area contributed by atoms with Gasteiger partial charge in [0.05, 0.1) is 19.1 Å². The van der Waals surface area contributed by atoms with Crippen molar-refractivity contribution in [3.05, 3.63) is 53.1 Å². The Balaban J connectivity index is 1.97. The van der Waals surface area contributed by atoms with Crippen LogP contribution < -0.4 is 9.47 Å². The fraction of sp³-hybridized carbons (Fsp3) is 0.478. The first-order chi connectivity index (χ1) is 14.5. The van der Waals surface area contributed by atoms with Crippen LogP contribution in [0.25, 0.3) is 0 Å². The van der Waals surface area contributed by atoms with E-state index in [-0.39, 0.29) is 17.5 Å². The molecule has 30 heavy (non-hydrogen) atoms. The fourth-order valence-electron chi connectivity index (χ4n) is 4.03. The average Bonchev–Trinajstić information content (AvgIpc) is 2.72. The maximum Gasteiger partial charge on any atom is 0.243 e. The van der Waals surface area contributed by atoms with E-state index in [9.17, 15) is 8.42 Å². The second kappa shape index (κ2) is 10.5. The number of benzene rings is 2. The van der Waals surface area contributed by atoms with Crippen molar-refractivity contribution in [2.45, 2.75) is 62.4 Å². The Labute approximate surface area is 185 Å². The molecule has 5 nitrogen and oxygen atoms in total. The summed E-state index contributed by atoms with van der Waals surface area (Å²) in [5, 5.41) is 0.520. The molecule has 1 saturated carbocycles. The van der Waals surface area contributed by atoms with E-state index in [1.807, 2.05) is 18.2 Å². The summed E-state index contributed by atoms with van der Waals surface area (Å²) >= 11 is 5.99. The zero-order chi connectivity index (χ0) is 21.6. The van der Waals surface area contributed by atoms with E-state index >= 15 is 0 Å². The van der Waals surface area contributed by atoms with Crippen molar-refractivity contribution in [2.75, 3.05) is 14.2 Å². The Hall–Kier alpha value is -1.76. The smallest absolute Gasteiger partial charge is 0.243 e. The number of hydrogen-bond donors (Lipinski definition) is 0. The molecule has 0 N–H and O–H groups in total. The summed E-state index contributed by atoms with van der Waals surface area (Å²) in [5.41, 5.74) is 0.868. The maximum atomic E-state index is 13.6. The standard InChI is InChI=1S/C23H30ClNO4S/c1-28-22-15-10-18(16-23(22)29-2)17-25(20-8-6-4-3-5-7-9-20)30(26,27)21-13-11-19(24)12-14-21/h10-16,20H,3-9,17H2,1-2H3. The van der Waals surface area contributed by atoms with Crippen LogP contribution in [0, 0.1) is 0 Å². The van der Waals surface area contributed by atoms with Crippen LogP contribution in [-0.4, -0.2) is 33.0 Å². The van der Waals surface area contributed by atoms with Gasteiger partial charge in [-0.1, -0.05) is 49.8 Å². The molecule has 0 unspecified atom stereocenters. The van der Waals surface area contributed by atoms with Crippen LogP contribution in [0.2, 0.25) is 5.02 Å². The molecule has 0 bridgehead atoms. The van der Waals surface area contributed by atoms with Gasteiger partial charge in [-0.3, -0.25) is 0 Å². The first kappa shape index (κ1) is 22.9. The summed E-state index contributed by atoms with van der Waals surface area (Å²) < 4.78 is 39.7. The van der Waals surface area contributed by atoms with E-state index in [1.54, 1.807) is 42.8 Å². The predicted octanol–water partition coefficient (Wildman–Crippen LogP) is 5.66. The van der Waals surface area contributed by atoms with Crippen molar-refractivity contribution in [3.63, 3.8) is 0 Å². The molecule has 0 heterocycles. The molecular weight excluding hydrogens is 422 g/mol. The monoisotopic (exact) mass is 451 g/mol. The Morgan fingerprint density at radius 1 is 0.900 bits per heavy atom. The predicted molar refractivity (Wildman–Crippen MR) is 120 cm³/mol. The van der Waals surface area contributed by atoms with Gasteiger partial charge in [-0.2, -0.15) is 4.31 Å². The van der Waals surface area contributed by atoms with Gasteiger partial charge in [-0.15, -0.1) is 0 Å². The molecule has 1 fully saturated rings. The van der Waals surface area contributed by atoms with Crippen LogP contribution in [0.5, 0.6) is 11.5 Å². The Morgan fingerprint density at radius 2 is 1.50 bits per heavy atom. The lowest BCUT2D eigenvalue weighted by Gasteiger charge is -2.32. The molecule has 7 heteroatoms. The molecule has 0 saturated heterocycles. The summed E-state index contributed by atoms with van der Waals surface area (Å²) in [6, 6.07) is 12.0. The molecule has 1 aliphatic carbocycles. The topological polar surface area (TPSA) is 55.8 Å². The van der Waals surface area contributed by atoms with Crippen molar-refractivity contribution in [2.24, 2.45) is 0 Å². The second-order valence-corrected chi connectivity index (χ2v) is 10.0. The number of methoxy groups -OCH3 is 2. The molecule has 2 aromatic carbocycles. The summed E-state index contributed by atoms with van der Waals surface area (Å²) in [6.07, 6.45) is 7.38. The number of nitrogens with zero attached hydrogens (tertiary/aromatic N) is 1. The molecule has 1 aliphatic rings. The minimum Gasteiger partial charge on any atom is -0.493 e. The van der Waals surface area contributed by atoms with Crippen LogP contribution in [-0.2, 0) is 16.6 Å². The Kier molecular flexibility index (Phi) is 8.03. The molecular formula is C23H30ClNO4S. The molecule has 3 rings (SSSR count).